The lowest BCUT2D eigenvalue weighted by molar-refractivity contribution is -0.144. The molecule has 0 saturated carbocycles. The van der Waals surface area contributed by atoms with E-state index in [-0.39, 0.29) is 17.7 Å². The Kier molecular flexibility index (Phi) is 5.14. The van der Waals surface area contributed by atoms with Crippen molar-refractivity contribution in [1.82, 2.24) is 14.8 Å². The smallest absolute Gasteiger partial charge is 0.326 e. The molecule has 3 rings (SSSR count). The molecule has 7 heteroatoms. The van der Waals surface area contributed by atoms with E-state index in [1.165, 1.54) is 11.2 Å². The van der Waals surface area contributed by atoms with E-state index in [9.17, 15) is 14.7 Å². The van der Waals surface area contributed by atoms with Gasteiger partial charge < -0.3 is 14.4 Å². The van der Waals surface area contributed by atoms with Crippen LogP contribution in [0.3, 0.4) is 0 Å². The molecule has 0 radical (unpaired) electrons. The molecule has 2 atom stereocenters. The molecule has 1 aliphatic heterocycles. The van der Waals surface area contributed by atoms with Crippen LogP contribution in [0.15, 0.2) is 47.3 Å². The molecule has 25 heavy (non-hydrogen) atoms. The van der Waals surface area contributed by atoms with E-state index in [1.807, 2.05) is 19.2 Å². The lowest BCUT2D eigenvalue weighted by Crippen LogP contribution is -2.54. The summed E-state index contributed by atoms with van der Waals surface area (Å²) < 4.78 is 5.13. The van der Waals surface area contributed by atoms with E-state index < -0.39 is 12.0 Å². The monoisotopic (exact) mass is 343 g/mol. The maximum Gasteiger partial charge on any atom is 0.326 e. The molecule has 132 valence electrons. The molecule has 1 aliphatic rings. The van der Waals surface area contributed by atoms with Crippen molar-refractivity contribution in [2.24, 2.45) is 0 Å². The van der Waals surface area contributed by atoms with Crippen LogP contribution in [0.4, 0.5) is 0 Å². The van der Waals surface area contributed by atoms with Crippen LogP contribution in [0.25, 0.3) is 0 Å². The summed E-state index contributed by atoms with van der Waals surface area (Å²) in [6, 6.07) is 6.29. The number of carbonyl (C=O) groups is 2. The Hall–Kier alpha value is -2.67. The zero-order chi connectivity index (χ0) is 17.8. The predicted molar refractivity (Wildman–Crippen MR) is 89.9 cm³/mol. The number of carboxylic acid groups (broad SMARTS) is 1. The van der Waals surface area contributed by atoms with Crippen molar-refractivity contribution in [3.63, 3.8) is 0 Å². The number of likely N-dealkylation sites (tertiary alicyclic amines) is 1. The lowest BCUT2D eigenvalue weighted by atomic mass is 9.95. The van der Waals surface area contributed by atoms with E-state index in [0.29, 0.717) is 25.9 Å². The zero-order valence-electron chi connectivity index (χ0n) is 14.0. The first-order chi connectivity index (χ1) is 12.1. The fourth-order valence-electron chi connectivity index (χ4n) is 3.27. The Balaban J connectivity index is 1.68. The summed E-state index contributed by atoms with van der Waals surface area (Å²) >= 11 is 0. The molecule has 7 nitrogen and oxygen atoms in total. The van der Waals surface area contributed by atoms with Gasteiger partial charge in [-0.3, -0.25) is 14.7 Å². The lowest BCUT2D eigenvalue weighted by Gasteiger charge is -2.40. The molecule has 1 N–H and O–H groups in total. The Morgan fingerprint density at radius 2 is 2.24 bits per heavy atom. The Morgan fingerprint density at radius 3 is 2.88 bits per heavy atom. The standard InChI is InChI=1S/C18H21N3O4/c1-20(12-13-4-2-7-19-11-13)14-6-8-21(15(10-14)18(23)24)17(22)16-5-3-9-25-16/h2-5,7,9,11,14-15H,6,8,10,12H2,1H3,(H,23,24)/t14-,15+/m1/s1. The third-order valence-electron chi connectivity index (χ3n) is 4.63. The van der Waals surface area contributed by atoms with Crippen LogP contribution in [-0.4, -0.2) is 57.4 Å². The van der Waals surface area contributed by atoms with Gasteiger partial charge in [-0.15, -0.1) is 0 Å². The van der Waals surface area contributed by atoms with Crippen LogP contribution in [0.1, 0.15) is 29.0 Å². The van der Waals surface area contributed by atoms with Gasteiger partial charge in [0, 0.05) is 31.5 Å². The summed E-state index contributed by atoms with van der Waals surface area (Å²) in [6.07, 6.45) is 6.05. The fraction of sp³-hybridized carbons (Fsp3) is 0.389. The number of aliphatic carboxylic acids is 1. The van der Waals surface area contributed by atoms with Crippen LogP contribution in [0.2, 0.25) is 0 Å². The quantitative estimate of drug-likeness (QED) is 0.892. The summed E-state index contributed by atoms with van der Waals surface area (Å²) in [6.45, 7) is 1.08. The maximum atomic E-state index is 12.5. The van der Waals surface area contributed by atoms with Crippen molar-refractivity contribution in [3.05, 3.63) is 54.2 Å². The summed E-state index contributed by atoms with van der Waals surface area (Å²) in [5.41, 5.74) is 1.07. The molecule has 3 heterocycles. The van der Waals surface area contributed by atoms with E-state index in [0.717, 1.165) is 5.56 Å². The number of nitrogens with zero attached hydrogens (tertiary/aromatic N) is 3. The van der Waals surface area contributed by atoms with Crippen molar-refractivity contribution >= 4 is 11.9 Å². The molecule has 0 aliphatic carbocycles. The minimum atomic E-state index is -0.987. The van der Waals surface area contributed by atoms with Crippen LogP contribution in [0.5, 0.6) is 0 Å². The second kappa shape index (κ2) is 7.48. The highest BCUT2D eigenvalue weighted by molar-refractivity contribution is 5.94. The first-order valence-corrected chi connectivity index (χ1v) is 8.22. The third-order valence-corrected chi connectivity index (χ3v) is 4.63. The topological polar surface area (TPSA) is 86.9 Å². The zero-order valence-corrected chi connectivity index (χ0v) is 14.0. The minimum Gasteiger partial charge on any atom is -0.480 e. The number of hydrogen-bond acceptors (Lipinski definition) is 5. The van der Waals surface area contributed by atoms with Crippen molar-refractivity contribution in [1.29, 1.82) is 0 Å². The summed E-state index contributed by atoms with van der Waals surface area (Å²) in [5.74, 6) is -1.18. The molecule has 1 fully saturated rings. The molecule has 0 unspecified atom stereocenters. The number of pyridine rings is 1. The number of amides is 1. The molecule has 2 aromatic heterocycles. The minimum absolute atomic E-state index is 0.0851. The average molecular weight is 343 g/mol. The van der Waals surface area contributed by atoms with Gasteiger partial charge >= 0.3 is 5.97 Å². The second-order valence-corrected chi connectivity index (χ2v) is 6.28. The van der Waals surface area contributed by atoms with Crippen LogP contribution in [0, 0.1) is 0 Å². The number of carboxylic acids is 1. The van der Waals surface area contributed by atoms with E-state index >= 15 is 0 Å². The highest BCUT2D eigenvalue weighted by Crippen LogP contribution is 2.24. The molecule has 0 spiro atoms. The highest BCUT2D eigenvalue weighted by atomic mass is 16.4. The van der Waals surface area contributed by atoms with Gasteiger partial charge in [-0.25, -0.2) is 4.79 Å². The number of piperidine rings is 1. The third kappa shape index (κ3) is 3.88. The number of carbonyl (C=O) groups excluding carboxylic acids is 1. The van der Waals surface area contributed by atoms with Crippen LogP contribution < -0.4 is 0 Å². The molecule has 2 aromatic rings. The first-order valence-electron chi connectivity index (χ1n) is 8.22. The SMILES string of the molecule is CN(Cc1cccnc1)[C@@H]1CCN(C(=O)c2ccco2)[C@H](C(=O)O)C1. The van der Waals surface area contributed by atoms with Crippen molar-refractivity contribution in [3.8, 4) is 0 Å². The van der Waals surface area contributed by atoms with Gasteiger partial charge in [-0.2, -0.15) is 0 Å². The summed E-state index contributed by atoms with van der Waals surface area (Å²) in [5, 5.41) is 9.59. The number of aromatic nitrogens is 1. The number of hydrogen-bond donors (Lipinski definition) is 1. The van der Waals surface area contributed by atoms with Gasteiger partial charge in [0.2, 0.25) is 0 Å². The number of rotatable bonds is 5. The molecule has 1 saturated heterocycles. The van der Waals surface area contributed by atoms with E-state index in [2.05, 4.69) is 9.88 Å². The first kappa shape index (κ1) is 17.2. The van der Waals surface area contributed by atoms with Crippen LogP contribution >= 0.6 is 0 Å². The van der Waals surface area contributed by atoms with Crippen molar-refractivity contribution < 1.29 is 19.1 Å². The predicted octanol–water partition coefficient (Wildman–Crippen LogP) is 1.86. The van der Waals surface area contributed by atoms with Crippen LogP contribution in [-0.2, 0) is 11.3 Å². The van der Waals surface area contributed by atoms with Gasteiger partial charge in [-0.1, -0.05) is 6.07 Å². The number of furan rings is 1. The normalized spacial score (nSPS) is 20.6. The fourth-order valence-corrected chi connectivity index (χ4v) is 3.27. The van der Waals surface area contributed by atoms with Gasteiger partial charge in [0.1, 0.15) is 6.04 Å². The molecular weight excluding hydrogens is 322 g/mol. The summed E-state index contributed by atoms with van der Waals surface area (Å²) in [7, 11) is 1.97. The largest absolute Gasteiger partial charge is 0.480 e. The molecule has 0 aromatic carbocycles. The van der Waals surface area contributed by atoms with Crippen molar-refractivity contribution in [2.45, 2.75) is 31.5 Å². The molecule has 0 bridgehead atoms. The van der Waals surface area contributed by atoms with Gasteiger partial charge in [0.05, 0.1) is 6.26 Å². The average Bonchev–Trinajstić information content (AvgIpc) is 3.16. The Morgan fingerprint density at radius 1 is 1.40 bits per heavy atom. The Bertz CT molecular complexity index is 717. The van der Waals surface area contributed by atoms with E-state index in [1.54, 1.807) is 24.5 Å². The highest BCUT2D eigenvalue weighted by Gasteiger charge is 2.38. The van der Waals surface area contributed by atoms with Gasteiger partial charge in [0.25, 0.3) is 5.91 Å². The van der Waals surface area contributed by atoms with Crippen molar-refractivity contribution in [2.75, 3.05) is 13.6 Å². The second-order valence-electron chi connectivity index (χ2n) is 6.28. The maximum absolute atomic E-state index is 12.5. The molecular formula is C18H21N3O4. The van der Waals surface area contributed by atoms with E-state index in [4.69, 9.17) is 4.42 Å². The molecule has 1 amide bonds. The van der Waals surface area contributed by atoms with Gasteiger partial charge in [0.15, 0.2) is 5.76 Å². The van der Waals surface area contributed by atoms with Gasteiger partial charge in [-0.05, 0) is 43.7 Å². The summed E-state index contributed by atoms with van der Waals surface area (Å²) in [4.78, 5) is 31.8. The Labute approximate surface area is 145 Å².